The minimum Gasteiger partial charge on any atom is -0.481 e. The monoisotopic (exact) mass is 336 g/mol. The van der Waals surface area contributed by atoms with E-state index in [9.17, 15) is 18.8 Å². The van der Waals surface area contributed by atoms with E-state index in [2.05, 4.69) is 0 Å². The number of hydrogen-bond acceptors (Lipinski definition) is 3. The Morgan fingerprint density at radius 2 is 1.67 bits per heavy atom. The molecule has 2 amide bonds. The van der Waals surface area contributed by atoms with Gasteiger partial charge in [-0.3, -0.25) is 14.4 Å². The first kappa shape index (κ1) is 17.9. The van der Waals surface area contributed by atoms with Gasteiger partial charge in [0.2, 0.25) is 11.8 Å². The normalized spacial score (nSPS) is 15.0. The number of amides is 2. The van der Waals surface area contributed by atoms with Gasteiger partial charge in [-0.1, -0.05) is 12.1 Å². The summed E-state index contributed by atoms with van der Waals surface area (Å²) in [5.74, 6) is -1.66. The van der Waals surface area contributed by atoms with Gasteiger partial charge in [-0.25, -0.2) is 4.39 Å². The third-order valence-electron chi connectivity index (χ3n) is 4.00. The van der Waals surface area contributed by atoms with Crippen LogP contribution < -0.4 is 0 Å². The van der Waals surface area contributed by atoms with Crippen LogP contribution in [-0.2, 0) is 20.8 Å². The Labute approximate surface area is 139 Å². The third-order valence-corrected chi connectivity index (χ3v) is 4.00. The average molecular weight is 336 g/mol. The zero-order valence-electron chi connectivity index (χ0n) is 13.4. The van der Waals surface area contributed by atoms with Gasteiger partial charge in [0.1, 0.15) is 5.82 Å². The summed E-state index contributed by atoms with van der Waals surface area (Å²) in [4.78, 5) is 38.2. The van der Waals surface area contributed by atoms with Crippen LogP contribution in [0.2, 0.25) is 0 Å². The number of benzene rings is 1. The Kier molecular flexibility index (Phi) is 6.28. The molecule has 0 spiro atoms. The summed E-state index contributed by atoms with van der Waals surface area (Å²) in [6, 6.07) is 5.96. The van der Waals surface area contributed by atoms with E-state index in [0.29, 0.717) is 38.2 Å². The van der Waals surface area contributed by atoms with Crippen molar-refractivity contribution in [1.29, 1.82) is 0 Å². The van der Waals surface area contributed by atoms with Crippen molar-refractivity contribution in [2.75, 3.05) is 26.2 Å². The zero-order valence-corrected chi connectivity index (χ0v) is 13.4. The lowest BCUT2D eigenvalue weighted by Crippen LogP contribution is -2.38. The summed E-state index contributed by atoms with van der Waals surface area (Å²) in [7, 11) is 0. The van der Waals surface area contributed by atoms with E-state index in [1.54, 1.807) is 21.9 Å². The molecule has 130 valence electrons. The van der Waals surface area contributed by atoms with E-state index in [1.165, 1.54) is 12.1 Å². The Balaban J connectivity index is 1.86. The molecule has 0 bridgehead atoms. The van der Waals surface area contributed by atoms with Crippen molar-refractivity contribution in [3.8, 4) is 0 Å². The second-order valence-corrected chi connectivity index (χ2v) is 5.82. The summed E-state index contributed by atoms with van der Waals surface area (Å²) in [5, 5.41) is 8.64. The van der Waals surface area contributed by atoms with Gasteiger partial charge in [-0.15, -0.1) is 0 Å². The zero-order chi connectivity index (χ0) is 17.5. The van der Waals surface area contributed by atoms with Crippen LogP contribution in [0.4, 0.5) is 4.39 Å². The van der Waals surface area contributed by atoms with Crippen LogP contribution >= 0.6 is 0 Å². The number of carbonyl (C=O) groups excluding carboxylic acids is 2. The van der Waals surface area contributed by atoms with E-state index in [0.717, 1.165) is 0 Å². The highest BCUT2D eigenvalue weighted by Crippen LogP contribution is 2.10. The molecule has 0 atom stereocenters. The highest BCUT2D eigenvalue weighted by molar-refractivity contribution is 5.81. The predicted octanol–water partition coefficient (Wildman–Crippen LogP) is 1.29. The van der Waals surface area contributed by atoms with Gasteiger partial charge < -0.3 is 14.9 Å². The van der Waals surface area contributed by atoms with Gasteiger partial charge in [-0.05, 0) is 24.1 Å². The Hall–Kier alpha value is -2.44. The van der Waals surface area contributed by atoms with E-state index < -0.39 is 5.97 Å². The fourth-order valence-corrected chi connectivity index (χ4v) is 2.72. The molecule has 0 aromatic heterocycles. The fraction of sp³-hybridized carbons (Fsp3) is 0.471. The molecule has 1 fully saturated rings. The van der Waals surface area contributed by atoms with Crippen molar-refractivity contribution in [3.63, 3.8) is 0 Å². The third kappa shape index (κ3) is 5.33. The summed E-state index contributed by atoms with van der Waals surface area (Å²) in [5.41, 5.74) is 0.624. The van der Waals surface area contributed by atoms with Crippen LogP contribution in [-0.4, -0.2) is 58.9 Å². The molecule has 7 heteroatoms. The van der Waals surface area contributed by atoms with Crippen LogP contribution in [0, 0.1) is 5.82 Å². The van der Waals surface area contributed by atoms with Gasteiger partial charge >= 0.3 is 5.97 Å². The molecule has 1 N–H and O–H groups in total. The van der Waals surface area contributed by atoms with Crippen LogP contribution in [0.15, 0.2) is 24.3 Å². The van der Waals surface area contributed by atoms with Crippen molar-refractivity contribution in [1.82, 2.24) is 9.80 Å². The molecular weight excluding hydrogens is 315 g/mol. The highest BCUT2D eigenvalue weighted by atomic mass is 19.1. The summed E-state index contributed by atoms with van der Waals surface area (Å²) < 4.78 is 13.2. The molecule has 2 rings (SSSR count). The van der Waals surface area contributed by atoms with E-state index in [1.807, 2.05) is 0 Å². The lowest BCUT2D eigenvalue weighted by molar-refractivity contribution is -0.140. The van der Waals surface area contributed by atoms with Crippen LogP contribution in [0.3, 0.4) is 0 Å². The second kappa shape index (κ2) is 8.42. The van der Waals surface area contributed by atoms with Crippen LogP contribution in [0.1, 0.15) is 24.8 Å². The molecule has 1 aliphatic heterocycles. The van der Waals surface area contributed by atoms with Crippen molar-refractivity contribution < 1.29 is 23.9 Å². The molecule has 0 radical (unpaired) electrons. The molecule has 0 saturated carbocycles. The number of carboxylic acids is 1. The number of halogens is 1. The standard InChI is InChI=1S/C17H21FN2O4/c18-14-4-1-3-13(11-14)12-16(22)20-8-2-7-19(9-10-20)15(21)5-6-17(23)24/h1,3-4,11H,2,5-10,12H2,(H,23,24). The van der Waals surface area contributed by atoms with E-state index >= 15 is 0 Å². The van der Waals surface area contributed by atoms with Crippen molar-refractivity contribution in [2.24, 2.45) is 0 Å². The summed E-state index contributed by atoms with van der Waals surface area (Å²) in [6.45, 7) is 1.86. The molecule has 6 nitrogen and oxygen atoms in total. The van der Waals surface area contributed by atoms with Gasteiger partial charge in [0.15, 0.2) is 0 Å². The fourth-order valence-electron chi connectivity index (χ4n) is 2.72. The number of aliphatic carboxylic acids is 1. The maximum atomic E-state index is 13.2. The molecule has 1 aliphatic rings. The molecule has 24 heavy (non-hydrogen) atoms. The number of carbonyl (C=O) groups is 3. The lowest BCUT2D eigenvalue weighted by atomic mass is 10.1. The minimum absolute atomic E-state index is 0.0213. The topological polar surface area (TPSA) is 77.9 Å². The Morgan fingerprint density at radius 1 is 1.00 bits per heavy atom. The number of rotatable bonds is 5. The Bertz CT molecular complexity index is 620. The lowest BCUT2D eigenvalue weighted by Gasteiger charge is -2.22. The molecule has 1 saturated heterocycles. The van der Waals surface area contributed by atoms with E-state index in [-0.39, 0.29) is 36.9 Å². The average Bonchev–Trinajstić information content (AvgIpc) is 2.78. The van der Waals surface area contributed by atoms with Gasteiger partial charge in [0.05, 0.1) is 12.8 Å². The van der Waals surface area contributed by atoms with Gasteiger partial charge in [0.25, 0.3) is 0 Å². The Morgan fingerprint density at radius 3 is 2.29 bits per heavy atom. The molecule has 1 heterocycles. The number of carboxylic acid groups (broad SMARTS) is 1. The van der Waals surface area contributed by atoms with Crippen LogP contribution in [0.25, 0.3) is 0 Å². The predicted molar refractivity (Wildman–Crippen MR) is 84.8 cm³/mol. The van der Waals surface area contributed by atoms with Crippen LogP contribution in [0.5, 0.6) is 0 Å². The first-order chi connectivity index (χ1) is 11.5. The van der Waals surface area contributed by atoms with Crippen molar-refractivity contribution >= 4 is 17.8 Å². The minimum atomic E-state index is -0.995. The maximum Gasteiger partial charge on any atom is 0.303 e. The second-order valence-electron chi connectivity index (χ2n) is 5.82. The first-order valence-electron chi connectivity index (χ1n) is 7.97. The molecule has 0 aliphatic carbocycles. The highest BCUT2D eigenvalue weighted by Gasteiger charge is 2.22. The summed E-state index contributed by atoms with van der Waals surface area (Å²) in [6.07, 6.45) is 0.572. The van der Waals surface area contributed by atoms with Gasteiger partial charge in [-0.2, -0.15) is 0 Å². The smallest absolute Gasteiger partial charge is 0.303 e. The number of hydrogen-bond donors (Lipinski definition) is 1. The molecule has 1 aromatic carbocycles. The summed E-state index contributed by atoms with van der Waals surface area (Å²) >= 11 is 0. The molecule has 0 unspecified atom stereocenters. The SMILES string of the molecule is O=C(O)CCC(=O)N1CCCN(C(=O)Cc2cccc(F)c2)CC1. The molecule has 1 aromatic rings. The first-order valence-corrected chi connectivity index (χ1v) is 7.97. The van der Waals surface area contributed by atoms with Crippen molar-refractivity contribution in [2.45, 2.75) is 25.7 Å². The quantitative estimate of drug-likeness (QED) is 0.879. The largest absolute Gasteiger partial charge is 0.481 e. The molecular formula is C17H21FN2O4. The number of nitrogens with zero attached hydrogens (tertiary/aromatic N) is 2. The van der Waals surface area contributed by atoms with Crippen molar-refractivity contribution in [3.05, 3.63) is 35.6 Å². The van der Waals surface area contributed by atoms with E-state index in [4.69, 9.17) is 5.11 Å². The van der Waals surface area contributed by atoms with Gasteiger partial charge in [0, 0.05) is 32.6 Å². The maximum absolute atomic E-state index is 13.2.